The van der Waals surface area contributed by atoms with Crippen molar-refractivity contribution in [2.45, 2.75) is 18.8 Å². The van der Waals surface area contributed by atoms with Gasteiger partial charge in [0.2, 0.25) is 0 Å². The van der Waals surface area contributed by atoms with E-state index in [9.17, 15) is 4.39 Å². The second-order valence-corrected chi connectivity index (χ2v) is 5.89. The zero-order chi connectivity index (χ0) is 16.8. The molecule has 0 bridgehead atoms. The van der Waals surface area contributed by atoms with Crippen LogP contribution in [0.1, 0.15) is 30.0 Å². The second-order valence-electron chi connectivity index (χ2n) is 5.89. The van der Waals surface area contributed by atoms with E-state index in [-0.39, 0.29) is 5.82 Å². The van der Waals surface area contributed by atoms with Crippen LogP contribution in [-0.4, -0.2) is 47.3 Å². The summed E-state index contributed by atoms with van der Waals surface area (Å²) in [5, 5.41) is 4.11. The van der Waals surface area contributed by atoms with Gasteiger partial charge >= 0.3 is 0 Å². The molecule has 1 aromatic carbocycles. The third-order valence-corrected chi connectivity index (χ3v) is 4.32. The largest absolute Gasteiger partial charge is 0.399 e. The van der Waals surface area contributed by atoms with Gasteiger partial charge in [-0.3, -0.25) is 9.97 Å². The summed E-state index contributed by atoms with van der Waals surface area (Å²) in [5.41, 5.74) is 2.78. The maximum Gasteiger partial charge on any atom is 0.123 e. The highest BCUT2D eigenvalue weighted by molar-refractivity contribution is 6.00. The average Bonchev–Trinajstić information content (AvgIpc) is 3.09. The van der Waals surface area contributed by atoms with Crippen molar-refractivity contribution in [3.63, 3.8) is 0 Å². The molecule has 1 atom stereocenters. The summed E-state index contributed by atoms with van der Waals surface area (Å²) in [6.07, 6.45) is 7.14. The van der Waals surface area contributed by atoms with Gasteiger partial charge in [0.1, 0.15) is 12.9 Å². The number of nitrogens with zero attached hydrogens (tertiary/aromatic N) is 4. The lowest BCUT2D eigenvalue weighted by molar-refractivity contribution is 0.212. The highest BCUT2D eigenvalue weighted by Gasteiger charge is 2.25. The lowest BCUT2D eigenvalue weighted by Crippen LogP contribution is -2.24. The van der Waals surface area contributed by atoms with Gasteiger partial charge in [-0.05, 0) is 30.7 Å². The Morgan fingerprint density at radius 2 is 2.17 bits per heavy atom. The van der Waals surface area contributed by atoms with Gasteiger partial charge < -0.3 is 9.74 Å². The normalized spacial score (nSPS) is 18.8. The Hall–Kier alpha value is -2.34. The summed E-state index contributed by atoms with van der Waals surface area (Å²) in [6, 6.07) is 6.36. The molecule has 1 aromatic heterocycles. The number of likely N-dealkylation sites (tertiary alicyclic amines) is 1. The molecule has 0 aliphatic carbocycles. The third kappa shape index (κ3) is 4.14. The molecule has 1 saturated heterocycles. The van der Waals surface area contributed by atoms with Gasteiger partial charge in [0.25, 0.3) is 0 Å². The Labute approximate surface area is 141 Å². The van der Waals surface area contributed by atoms with E-state index in [1.165, 1.54) is 19.2 Å². The van der Waals surface area contributed by atoms with Crippen molar-refractivity contribution in [3.8, 4) is 0 Å². The van der Waals surface area contributed by atoms with E-state index < -0.39 is 0 Å². The molecule has 0 amide bonds. The number of aromatic nitrogens is 2. The van der Waals surface area contributed by atoms with Crippen LogP contribution in [0.3, 0.4) is 0 Å². The predicted octanol–water partition coefficient (Wildman–Crippen LogP) is 2.85. The van der Waals surface area contributed by atoms with Crippen molar-refractivity contribution >= 4 is 5.71 Å². The summed E-state index contributed by atoms with van der Waals surface area (Å²) in [5.74, 6) is 0.189. The van der Waals surface area contributed by atoms with Gasteiger partial charge in [0.15, 0.2) is 0 Å². The monoisotopic (exact) mass is 328 g/mol. The van der Waals surface area contributed by atoms with E-state index in [4.69, 9.17) is 4.84 Å². The lowest BCUT2D eigenvalue weighted by atomic mass is 10.1. The summed E-state index contributed by atoms with van der Waals surface area (Å²) < 4.78 is 13.1. The number of hydrogen-bond donors (Lipinski definition) is 0. The Kier molecular flexibility index (Phi) is 5.48. The smallest absolute Gasteiger partial charge is 0.123 e. The number of hydrogen-bond acceptors (Lipinski definition) is 5. The van der Waals surface area contributed by atoms with E-state index >= 15 is 0 Å². The van der Waals surface area contributed by atoms with Crippen LogP contribution in [0, 0.1) is 5.82 Å². The van der Waals surface area contributed by atoms with Gasteiger partial charge in [0.05, 0.1) is 11.4 Å². The van der Waals surface area contributed by atoms with E-state index in [1.807, 2.05) is 6.20 Å². The van der Waals surface area contributed by atoms with Gasteiger partial charge in [-0.2, -0.15) is 0 Å². The fourth-order valence-electron chi connectivity index (χ4n) is 3.06. The molecule has 1 unspecified atom stereocenters. The number of benzene rings is 1. The minimum atomic E-state index is -0.248. The van der Waals surface area contributed by atoms with Crippen LogP contribution in [-0.2, 0) is 4.84 Å². The number of halogens is 1. The Bertz CT molecular complexity index is 675. The molecule has 0 radical (unpaired) electrons. The van der Waals surface area contributed by atoms with Crippen molar-refractivity contribution in [2.24, 2.45) is 5.16 Å². The molecule has 1 aliphatic rings. The Morgan fingerprint density at radius 1 is 1.33 bits per heavy atom. The third-order valence-electron chi connectivity index (χ3n) is 4.32. The maximum absolute atomic E-state index is 13.1. The molecule has 5 nitrogen and oxygen atoms in total. The van der Waals surface area contributed by atoms with E-state index in [1.54, 1.807) is 24.5 Å². The van der Waals surface area contributed by atoms with Gasteiger partial charge in [-0.15, -0.1) is 0 Å². The van der Waals surface area contributed by atoms with Crippen molar-refractivity contribution in [2.75, 3.05) is 26.7 Å². The van der Waals surface area contributed by atoms with Crippen molar-refractivity contribution in [1.82, 2.24) is 14.9 Å². The van der Waals surface area contributed by atoms with Crippen molar-refractivity contribution in [3.05, 3.63) is 59.9 Å². The first-order valence-corrected chi connectivity index (χ1v) is 8.10. The van der Waals surface area contributed by atoms with Gasteiger partial charge in [-0.25, -0.2) is 4.39 Å². The number of oxime groups is 1. The molecular weight excluding hydrogens is 307 g/mol. The lowest BCUT2D eigenvalue weighted by Gasteiger charge is -2.16. The predicted molar refractivity (Wildman–Crippen MR) is 90.4 cm³/mol. The Morgan fingerprint density at radius 3 is 2.88 bits per heavy atom. The molecular formula is C18H21FN4O. The molecule has 1 fully saturated rings. The summed E-state index contributed by atoms with van der Waals surface area (Å²) in [4.78, 5) is 15.9. The topological polar surface area (TPSA) is 50.6 Å². The molecule has 3 rings (SSSR count). The van der Waals surface area contributed by atoms with Crippen LogP contribution in [0.4, 0.5) is 4.39 Å². The van der Waals surface area contributed by atoms with Gasteiger partial charge in [-0.1, -0.05) is 17.3 Å². The van der Waals surface area contributed by atoms with E-state index in [2.05, 4.69) is 20.0 Å². The quantitative estimate of drug-likeness (QED) is 0.604. The van der Waals surface area contributed by atoms with Crippen LogP contribution in [0.15, 0.2) is 48.0 Å². The van der Waals surface area contributed by atoms with E-state index in [0.29, 0.717) is 5.92 Å². The van der Waals surface area contributed by atoms with Crippen LogP contribution in [0.2, 0.25) is 0 Å². The number of rotatable bonds is 6. The molecule has 2 heterocycles. The SMILES string of the molecule is CO/N=C(/CCN1CCC(c2cnccn2)C1)c1ccc(F)cc1. The van der Waals surface area contributed by atoms with Crippen molar-refractivity contribution < 1.29 is 9.23 Å². The molecule has 0 N–H and O–H groups in total. The van der Waals surface area contributed by atoms with Crippen LogP contribution in [0.5, 0.6) is 0 Å². The molecule has 2 aromatic rings. The Balaban J connectivity index is 1.58. The maximum atomic E-state index is 13.1. The van der Waals surface area contributed by atoms with Gasteiger partial charge in [0, 0.05) is 44.0 Å². The zero-order valence-corrected chi connectivity index (χ0v) is 13.7. The highest BCUT2D eigenvalue weighted by Crippen LogP contribution is 2.25. The molecule has 1 aliphatic heterocycles. The first kappa shape index (κ1) is 16.5. The zero-order valence-electron chi connectivity index (χ0n) is 13.7. The molecule has 0 spiro atoms. The standard InChI is InChI=1S/C18H21FN4O/c1-24-22-17(14-2-4-16(19)5-3-14)7-11-23-10-6-15(13-23)18-12-20-8-9-21-18/h2-5,8-9,12,15H,6-7,10-11,13H2,1H3/b22-17-. The summed E-state index contributed by atoms with van der Waals surface area (Å²) >= 11 is 0. The minimum Gasteiger partial charge on any atom is -0.399 e. The van der Waals surface area contributed by atoms with Crippen LogP contribution < -0.4 is 0 Å². The van der Waals surface area contributed by atoms with Crippen LogP contribution in [0.25, 0.3) is 0 Å². The second kappa shape index (κ2) is 7.97. The average molecular weight is 328 g/mol. The van der Waals surface area contributed by atoms with Crippen LogP contribution >= 0.6 is 0 Å². The molecule has 6 heteroatoms. The highest BCUT2D eigenvalue weighted by atomic mass is 19.1. The summed E-state index contributed by atoms with van der Waals surface area (Å²) in [7, 11) is 1.53. The first-order chi connectivity index (χ1) is 11.8. The minimum absolute atomic E-state index is 0.248. The summed E-state index contributed by atoms with van der Waals surface area (Å²) in [6.45, 7) is 2.89. The molecule has 0 saturated carbocycles. The molecule has 24 heavy (non-hydrogen) atoms. The fraction of sp³-hybridized carbons (Fsp3) is 0.389. The van der Waals surface area contributed by atoms with E-state index in [0.717, 1.165) is 49.4 Å². The van der Waals surface area contributed by atoms with Crippen molar-refractivity contribution in [1.29, 1.82) is 0 Å². The fourth-order valence-corrected chi connectivity index (χ4v) is 3.06. The first-order valence-electron chi connectivity index (χ1n) is 8.10. The molecule has 126 valence electrons.